The van der Waals surface area contributed by atoms with E-state index in [1.54, 1.807) is 6.07 Å². The molecule has 0 spiro atoms. The Morgan fingerprint density at radius 1 is 1.43 bits per heavy atom. The molecule has 1 fully saturated rings. The van der Waals surface area contributed by atoms with Gasteiger partial charge in [-0.15, -0.1) is 0 Å². The smallest absolute Gasteiger partial charge is 0.273 e. The molecule has 0 aromatic carbocycles. The third kappa shape index (κ3) is 4.30. The summed E-state index contributed by atoms with van der Waals surface area (Å²) in [5, 5.41) is 16.1. The number of nitrogens with one attached hydrogen (secondary N) is 1. The Bertz CT molecular complexity index is 450. The van der Waals surface area contributed by atoms with E-state index >= 15 is 0 Å². The van der Waals surface area contributed by atoms with Crippen molar-refractivity contribution in [2.75, 3.05) is 6.61 Å². The summed E-state index contributed by atoms with van der Waals surface area (Å²) in [6, 6.07) is 1.73. The van der Waals surface area contributed by atoms with Crippen LogP contribution in [0.4, 0.5) is 0 Å². The van der Waals surface area contributed by atoms with Crippen molar-refractivity contribution in [1.29, 1.82) is 0 Å². The molecule has 1 amide bonds. The van der Waals surface area contributed by atoms with Crippen LogP contribution in [0.5, 0.6) is 0 Å². The summed E-state index contributed by atoms with van der Waals surface area (Å²) in [5.74, 6) is 1.20. The molecule has 1 atom stereocenters. The zero-order chi connectivity index (χ0) is 15.2. The van der Waals surface area contributed by atoms with Crippen LogP contribution in [0.3, 0.4) is 0 Å². The number of aliphatic hydroxyl groups excluding tert-OH is 1. The Kier molecular flexibility index (Phi) is 5.79. The minimum absolute atomic E-state index is 0.0296. The van der Waals surface area contributed by atoms with E-state index in [0.717, 1.165) is 18.6 Å². The van der Waals surface area contributed by atoms with E-state index in [2.05, 4.69) is 10.5 Å². The van der Waals surface area contributed by atoms with Crippen LogP contribution in [0.15, 0.2) is 10.6 Å². The van der Waals surface area contributed by atoms with Gasteiger partial charge in [-0.1, -0.05) is 38.3 Å². The molecule has 1 saturated carbocycles. The lowest BCUT2D eigenvalue weighted by Crippen LogP contribution is -2.41. The van der Waals surface area contributed by atoms with Crippen LogP contribution in [-0.2, 0) is 0 Å². The van der Waals surface area contributed by atoms with Crippen molar-refractivity contribution in [3.63, 3.8) is 0 Å². The Labute approximate surface area is 126 Å². The predicted molar refractivity (Wildman–Crippen MR) is 80.1 cm³/mol. The molecule has 0 saturated heterocycles. The maximum atomic E-state index is 12.3. The molecule has 1 aliphatic rings. The van der Waals surface area contributed by atoms with Gasteiger partial charge in [0.1, 0.15) is 5.76 Å². The van der Waals surface area contributed by atoms with Gasteiger partial charge in [-0.2, -0.15) is 0 Å². The molecular formula is C16H26N2O3. The molecular weight excluding hydrogens is 268 g/mol. The highest BCUT2D eigenvalue weighted by molar-refractivity contribution is 5.92. The van der Waals surface area contributed by atoms with Gasteiger partial charge in [-0.25, -0.2) is 0 Å². The zero-order valence-corrected chi connectivity index (χ0v) is 13.0. The number of carbonyl (C=O) groups excluding carboxylic acids is 1. The van der Waals surface area contributed by atoms with Gasteiger partial charge in [-0.3, -0.25) is 4.79 Å². The van der Waals surface area contributed by atoms with Gasteiger partial charge in [0.2, 0.25) is 0 Å². The SMILES string of the molecule is CC(C)c1cc(C(=O)NC(CCO)C2CCCCC2)no1. The lowest BCUT2D eigenvalue weighted by atomic mass is 9.82. The second-order valence-corrected chi connectivity index (χ2v) is 6.26. The summed E-state index contributed by atoms with van der Waals surface area (Å²) in [6.07, 6.45) is 6.55. The van der Waals surface area contributed by atoms with Gasteiger partial charge in [0.05, 0.1) is 0 Å². The van der Waals surface area contributed by atoms with Crippen LogP contribution in [0.25, 0.3) is 0 Å². The quantitative estimate of drug-likeness (QED) is 0.846. The fraction of sp³-hybridized carbons (Fsp3) is 0.750. The van der Waals surface area contributed by atoms with Crippen LogP contribution < -0.4 is 5.32 Å². The minimum atomic E-state index is -0.199. The Morgan fingerprint density at radius 3 is 2.71 bits per heavy atom. The third-order valence-electron chi connectivity index (χ3n) is 4.31. The summed E-state index contributed by atoms with van der Waals surface area (Å²) in [5.41, 5.74) is 0.331. The van der Waals surface area contributed by atoms with Gasteiger partial charge >= 0.3 is 0 Å². The molecule has 0 radical (unpaired) electrons. The highest BCUT2D eigenvalue weighted by Gasteiger charge is 2.26. The standard InChI is InChI=1S/C16H26N2O3/c1-11(2)15-10-14(18-21-15)16(20)17-13(8-9-19)12-6-4-3-5-7-12/h10-13,19H,3-9H2,1-2H3,(H,17,20). The van der Waals surface area contributed by atoms with Crippen LogP contribution >= 0.6 is 0 Å². The molecule has 1 aromatic heterocycles. The van der Waals surface area contributed by atoms with E-state index in [1.807, 2.05) is 13.8 Å². The second kappa shape index (κ2) is 7.59. The molecule has 5 heteroatoms. The van der Waals surface area contributed by atoms with Crippen LogP contribution in [0.2, 0.25) is 0 Å². The van der Waals surface area contributed by atoms with Crippen molar-refractivity contribution in [1.82, 2.24) is 10.5 Å². The maximum Gasteiger partial charge on any atom is 0.273 e. The molecule has 1 unspecified atom stereocenters. The van der Waals surface area contributed by atoms with Crippen molar-refractivity contribution in [2.45, 2.75) is 64.3 Å². The number of nitrogens with zero attached hydrogens (tertiary/aromatic N) is 1. The van der Waals surface area contributed by atoms with E-state index in [0.29, 0.717) is 18.0 Å². The largest absolute Gasteiger partial charge is 0.396 e. The predicted octanol–water partition coefficient (Wildman–Crippen LogP) is 2.86. The first-order valence-electron chi connectivity index (χ1n) is 8.00. The number of carbonyl (C=O) groups is 1. The summed E-state index contributed by atoms with van der Waals surface area (Å²) in [4.78, 5) is 12.3. The number of aliphatic hydroxyl groups is 1. The lowest BCUT2D eigenvalue weighted by Gasteiger charge is -2.30. The Morgan fingerprint density at radius 2 is 2.14 bits per heavy atom. The average Bonchev–Trinajstić information content (AvgIpc) is 2.98. The first kappa shape index (κ1) is 16.0. The number of rotatable bonds is 6. The van der Waals surface area contributed by atoms with Crippen molar-refractivity contribution in [3.05, 3.63) is 17.5 Å². The highest BCUT2D eigenvalue weighted by Crippen LogP contribution is 2.28. The van der Waals surface area contributed by atoms with Gasteiger partial charge in [-0.05, 0) is 25.2 Å². The fourth-order valence-electron chi connectivity index (χ4n) is 3.01. The summed E-state index contributed by atoms with van der Waals surface area (Å²) in [7, 11) is 0. The lowest BCUT2D eigenvalue weighted by molar-refractivity contribution is 0.0890. The molecule has 1 aliphatic carbocycles. The van der Waals surface area contributed by atoms with Crippen LogP contribution in [0.1, 0.15) is 74.5 Å². The van der Waals surface area contributed by atoms with Crippen LogP contribution in [0, 0.1) is 5.92 Å². The van der Waals surface area contributed by atoms with Crippen LogP contribution in [-0.4, -0.2) is 28.8 Å². The van der Waals surface area contributed by atoms with Gasteiger partial charge in [0, 0.05) is 24.6 Å². The van der Waals surface area contributed by atoms with Crippen molar-refractivity contribution in [2.24, 2.45) is 5.92 Å². The Balaban J connectivity index is 1.99. The molecule has 2 N–H and O–H groups in total. The van der Waals surface area contributed by atoms with Crippen molar-refractivity contribution in [3.8, 4) is 0 Å². The van der Waals surface area contributed by atoms with Crippen molar-refractivity contribution >= 4 is 5.91 Å². The molecule has 1 aromatic rings. The second-order valence-electron chi connectivity index (χ2n) is 6.26. The van der Waals surface area contributed by atoms with E-state index < -0.39 is 0 Å². The topological polar surface area (TPSA) is 75.4 Å². The third-order valence-corrected chi connectivity index (χ3v) is 4.31. The molecule has 118 valence electrons. The fourth-order valence-corrected chi connectivity index (χ4v) is 3.01. The van der Waals surface area contributed by atoms with E-state index in [1.165, 1.54) is 19.3 Å². The summed E-state index contributed by atoms with van der Waals surface area (Å²) in [6.45, 7) is 4.09. The van der Waals surface area contributed by atoms with E-state index in [9.17, 15) is 9.90 Å². The molecule has 0 aliphatic heterocycles. The average molecular weight is 294 g/mol. The Hall–Kier alpha value is -1.36. The van der Waals surface area contributed by atoms with Gasteiger partial charge < -0.3 is 14.9 Å². The number of amides is 1. The van der Waals surface area contributed by atoms with E-state index in [4.69, 9.17) is 4.52 Å². The highest BCUT2D eigenvalue weighted by atomic mass is 16.5. The molecule has 5 nitrogen and oxygen atoms in total. The maximum absolute atomic E-state index is 12.3. The number of hydrogen-bond acceptors (Lipinski definition) is 4. The van der Waals surface area contributed by atoms with Crippen molar-refractivity contribution < 1.29 is 14.4 Å². The molecule has 2 rings (SSSR count). The van der Waals surface area contributed by atoms with Gasteiger partial charge in [0.15, 0.2) is 5.69 Å². The van der Waals surface area contributed by atoms with E-state index in [-0.39, 0.29) is 24.5 Å². The first-order chi connectivity index (χ1) is 10.1. The number of hydrogen-bond donors (Lipinski definition) is 2. The monoisotopic (exact) mass is 294 g/mol. The first-order valence-corrected chi connectivity index (χ1v) is 8.00. The zero-order valence-electron chi connectivity index (χ0n) is 13.0. The normalized spacial score (nSPS) is 17.9. The van der Waals surface area contributed by atoms with Gasteiger partial charge in [0.25, 0.3) is 5.91 Å². The minimum Gasteiger partial charge on any atom is -0.396 e. The summed E-state index contributed by atoms with van der Waals surface area (Å²) >= 11 is 0. The molecule has 21 heavy (non-hydrogen) atoms. The summed E-state index contributed by atoms with van der Waals surface area (Å²) < 4.78 is 5.17. The molecule has 0 bridgehead atoms. The molecule has 1 heterocycles. The number of aromatic nitrogens is 1.